The molecule has 1 amide bonds. The maximum atomic E-state index is 12.9. The van der Waals surface area contributed by atoms with Gasteiger partial charge in [-0.05, 0) is 38.0 Å². The van der Waals surface area contributed by atoms with Crippen LogP contribution in [0.3, 0.4) is 0 Å². The van der Waals surface area contributed by atoms with Gasteiger partial charge in [0.25, 0.3) is 0 Å². The first-order valence-electron chi connectivity index (χ1n) is 8.45. The number of aliphatic hydroxyl groups excluding tert-OH is 1. The Hall–Kier alpha value is -0.570. The summed E-state index contributed by atoms with van der Waals surface area (Å²) in [6.45, 7) is 4.50. The second-order valence-electron chi connectivity index (χ2n) is 7.54. The Bertz CT molecular complexity index is 326. The summed E-state index contributed by atoms with van der Waals surface area (Å²) in [5, 5.41) is 13.1. The van der Waals surface area contributed by atoms with Crippen molar-refractivity contribution in [2.24, 2.45) is 11.3 Å². The van der Waals surface area contributed by atoms with Gasteiger partial charge in [-0.1, -0.05) is 46.0 Å². The van der Waals surface area contributed by atoms with Crippen molar-refractivity contribution in [2.45, 2.75) is 83.6 Å². The Kier molecular flexibility index (Phi) is 5.11. The van der Waals surface area contributed by atoms with Crippen LogP contribution in [-0.2, 0) is 4.79 Å². The average molecular weight is 281 g/mol. The molecule has 0 aliphatic heterocycles. The lowest BCUT2D eigenvalue weighted by molar-refractivity contribution is -0.135. The summed E-state index contributed by atoms with van der Waals surface area (Å²) in [6, 6.07) is 0. The molecule has 0 unspecified atom stereocenters. The normalized spacial score (nSPS) is 24.8. The zero-order valence-corrected chi connectivity index (χ0v) is 13.2. The molecule has 0 radical (unpaired) electrons. The molecule has 2 aliphatic carbocycles. The second kappa shape index (κ2) is 6.46. The molecule has 3 heteroatoms. The topological polar surface area (TPSA) is 49.3 Å². The molecule has 2 fully saturated rings. The van der Waals surface area contributed by atoms with Gasteiger partial charge in [0, 0.05) is 5.41 Å². The van der Waals surface area contributed by atoms with Crippen molar-refractivity contribution >= 4 is 5.91 Å². The van der Waals surface area contributed by atoms with Gasteiger partial charge in [0.15, 0.2) is 0 Å². The number of carbonyl (C=O) groups is 1. The van der Waals surface area contributed by atoms with Crippen LogP contribution < -0.4 is 5.32 Å². The van der Waals surface area contributed by atoms with Crippen molar-refractivity contribution in [1.82, 2.24) is 5.32 Å². The first-order chi connectivity index (χ1) is 9.52. The quantitative estimate of drug-likeness (QED) is 0.811. The van der Waals surface area contributed by atoms with E-state index in [1.54, 1.807) is 0 Å². The van der Waals surface area contributed by atoms with Crippen LogP contribution in [0.5, 0.6) is 0 Å². The van der Waals surface area contributed by atoms with Crippen LogP contribution in [0.1, 0.15) is 78.1 Å². The van der Waals surface area contributed by atoms with Crippen LogP contribution >= 0.6 is 0 Å². The molecule has 2 aliphatic rings. The predicted octanol–water partition coefficient (Wildman–Crippen LogP) is 3.40. The number of hydrogen-bond donors (Lipinski definition) is 2. The van der Waals surface area contributed by atoms with Crippen LogP contribution in [-0.4, -0.2) is 23.2 Å². The molecule has 0 aromatic rings. The Labute approximate surface area is 123 Å². The fourth-order valence-electron chi connectivity index (χ4n) is 4.28. The maximum Gasteiger partial charge on any atom is 0.226 e. The molecule has 2 rings (SSSR count). The number of amides is 1. The minimum Gasteiger partial charge on any atom is -0.394 e. The minimum absolute atomic E-state index is 0.0937. The van der Waals surface area contributed by atoms with E-state index < -0.39 is 0 Å². The lowest BCUT2D eigenvalue weighted by Gasteiger charge is -2.40. The molecule has 0 heterocycles. The molecule has 0 aromatic carbocycles. The van der Waals surface area contributed by atoms with Crippen molar-refractivity contribution in [3.05, 3.63) is 0 Å². The van der Waals surface area contributed by atoms with E-state index in [4.69, 9.17) is 0 Å². The van der Waals surface area contributed by atoms with Crippen molar-refractivity contribution in [3.63, 3.8) is 0 Å². The van der Waals surface area contributed by atoms with Gasteiger partial charge >= 0.3 is 0 Å². The molecule has 0 aromatic heterocycles. The summed E-state index contributed by atoms with van der Waals surface area (Å²) in [6.07, 6.45) is 10.7. The fourth-order valence-corrected chi connectivity index (χ4v) is 4.28. The van der Waals surface area contributed by atoms with Crippen LogP contribution in [0.2, 0.25) is 0 Å². The fraction of sp³-hybridized carbons (Fsp3) is 0.941. The van der Waals surface area contributed by atoms with Gasteiger partial charge in [-0.15, -0.1) is 0 Å². The molecular formula is C17H31NO2. The van der Waals surface area contributed by atoms with Crippen LogP contribution in [0.25, 0.3) is 0 Å². The zero-order valence-electron chi connectivity index (χ0n) is 13.2. The van der Waals surface area contributed by atoms with E-state index in [-0.39, 0.29) is 23.5 Å². The summed E-state index contributed by atoms with van der Waals surface area (Å²) >= 11 is 0. The molecule has 3 nitrogen and oxygen atoms in total. The predicted molar refractivity (Wildman–Crippen MR) is 81.4 cm³/mol. The van der Waals surface area contributed by atoms with Gasteiger partial charge in [0.2, 0.25) is 5.91 Å². The highest BCUT2D eigenvalue weighted by atomic mass is 16.3. The molecule has 0 atom stereocenters. The van der Waals surface area contributed by atoms with E-state index in [2.05, 4.69) is 19.2 Å². The lowest BCUT2D eigenvalue weighted by atomic mass is 9.75. The van der Waals surface area contributed by atoms with E-state index in [9.17, 15) is 9.90 Å². The van der Waals surface area contributed by atoms with Gasteiger partial charge in [-0.2, -0.15) is 0 Å². The molecular weight excluding hydrogens is 250 g/mol. The number of nitrogens with one attached hydrogen (secondary N) is 1. The average Bonchev–Trinajstić information content (AvgIpc) is 2.89. The van der Waals surface area contributed by atoms with Crippen LogP contribution in [0.15, 0.2) is 0 Å². The smallest absolute Gasteiger partial charge is 0.226 e. The SMILES string of the molecule is CC(C)CC1(C(=O)NC2(CO)CCCCC2)CCCC1. The first-order valence-corrected chi connectivity index (χ1v) is 8.45. The van der Waals surface area contributed by atoms with Crippen molar-refractivity contribution in [3.8, 4) is 0 Å². The third-order valence-corrected chi connectivity index (χ3v) is 5.33. The van der Waals surface area contributed by atoms with Gasteiger partial charge < -0.3 is 10.4 Å². The molecule has 0 bridgehead atoms. The van der Waals surface area contributed by atoms with Crippen molar-refractivity contribution in [2.75, 3.05) is 6.61 Å². The van der Waals surface area contributed by atoms with Gasteiger partial charge in [0.05, 0.1) is 12.1 Å². The van der Waals surface area contributed by atoms with Crippen molar-refractivity contribution in [1.29, 1.82) is 0 Å². The summed E-state index contributed by atoms with van der Waals surface area (Å²) in [7, 11) is 0. The highest BCUT2D eigenvalue weighted by Gasteiger charge is 2.44. The van der Waals surface area contributed by atoms with Crippen LogP contribution in [0, 0.1) is 11.3 Å². The Morgan fingerprint density at radius 3 is 2.10 bits per heavy atom. The Morgan fingerprint density at radius 1 is 1.05 bits per heavy atom. The Balaban J connectivity index is 2.07. The maximum absolute atomic E-state index is 12.9. The van der Waals surface area contributed by atoms with Gasteiger partial charge in [-0.25, -0.2) is 0 Å². The van der Waals surface area contributed by atoms with E-state index in [0.29, 0.717) is 5.92 Å². The number of aliphatic hydroxyl groups is 1. The molecule has 0 spiro atoms. The Morgan fingerprint density at radius 2 is 1.60 bits per heavy atom. The summed E-state index contributed by atoms with van der Waals surface area (Å²) in [4.78, 5) is 12.9. The second-order valence-corrected chi connectivity index (χ2v) is 7.54. The summed E-state index contributed by atoms with van der Waals surface area (Å²) in [5.41, 5.74) is -0.490. The van der Waals surface area contributed by atoms with E-state index in [1.807, 2.05) is 0 Å². The highest BCUT2D eigenvalue weighted by Crippen LogP contribution is 2.44. The highest BCUT2D eigenvalue weighted by molar-refractivity contribution is 5.83. The monoisotopic (exact) mass is 281 g/mol. The summed E-state index contributed by atoms with van der Waals surface area (Å²) in [5.74, 6) is 0.773. The van der Waals surface area contributed by atoms with Gasteiger partial charge in [-0.3, -0.25) is 4.79 Å². The number of rotatable bonds is 5. The van der Waals surface area contributed by atoms with Gasteiger partial charge in [0.1, 0.15) is 0 Å². The van der Waals surface area contributed by atoms with E-state index in [1.165, 1.54) is 19.3 Å². The van der Waals surface area contributed by atoms with E-state index in [0.717, 1.165) is 44.9 Å². The molecule has 20 heavy (non-hydrogen) atoms. The zero-order chi connectivity index (χ0) is 14.6. The third kappa shape index (κ3) is 3.36. The third-order valence-electron chi connectivity index (χ3n) is 5.33. The lowest BCUT2D eigenvalue weighted by Crippen LogP contribution is -2.56. The number of hydrogen-bond acceptors (Lipinski definition) is 2. The summed E-state index contributed by atoms with van der Waals surface area (Å²) < 4.78 is 0. The first kappa shape index (κ1) is 15.8. The molecule has 2 N–H and O–H groups in total. The molecule has 0 saturated heterocycles. The molecule has 2 saturated carbocycles. The standard InChI is InChI=1S/C17H31NO2/c1-14(2)12-16(8-6-7-9-16)15(20)18-17(13-19)10-4-3-5-11-17/h14,19H,3-13H2,1-2H3,(H,18,20). The number of carbonyl (C=O) groups excluding carboxylic acids is 1. The molecule has 116 valence electrons. The largest absolute Gasteiger partial charge is 0.394 e. The van der Waals surface area contributed by atoms with E-state index >= 15 is 0 Å². The van der Waals surface area contributed by atoms with Crippen LogP contribution in [0.4, 0.5) is 0 Å². The minimum atomic E-state index is -0.331. The van der Waals surface area contributed by atoms with Crippen molar-refractivity contribution < 1.29 is 9.90 Å².